The second-order valence-electron chi connectivity index (χ2n) is 5.98. The molecule has 134 valence electrons. The van der Waals surface area contributed by atoms with Crippen molar-refractivity contribution in [3.63, 3.8) is 0 Å². The van der Waals surface area contributed by atoms with Crippen molar-refractivity contribution in [1.82, 2.24) is 10.6 Å². The Morgan fingerprint density at radius 3 is 2.92 bits per heavy atom. The first kappa shape index (κ1) is 18.8. The molecule has 0 aliphatic heterocycles. The fourth-order valence-electron chi connectivity index (χ4n) is 3.04. The second-order valence-corrected chi connectivity index (χ2v) is 7.55. The highest BCUT2D eigenvalue weighted by Gasteiger charge is 2.24. The summed E-state index contributed by atoms with van der Waals surface area (Å²) in [5, 5.41) is 17.6. The lowest BCUT2D eigenvalue weighted by atomic mass is 10.1. The molecule has 0 radical (unpaired) electrons. The number of aliphatic imine (C=N–C) groups is 1. The van der Waals surface area contributed by atoms with Crippen molar-refractivity contribution < 1.29 is 9.84 Å². The Morgan fingerprint density at radius 1 is 1.42 bits per heavy atom. The second kappa shape index (κ2) is 9.67. The highest BCUT2D eigenvalue weighted by atomic mass is 32.2. The van der Waals surface area contributed by atoms with E-state index in [9.17, 15) is 5.11 Å². The number of guanidine groups is 1. The molecule has 2 atom stereocenters. The topological polar surface area (TPSA) is 65.9 Å². The summed E-state index contributed by atoms with van der Waals surface area (Å²) in [5.74, 6) is 2.97. The average molecular weight is 352 g/mol. The first-order valence-corrected chi connectivity index (χ1v) is 9.65. The fraction of sp³-hybridized carbons (Fsp3) is 0.611. The molecule has 1 aliphatic carbocycles. The van der Waals surface area contributed by atoms with Crippen LogP contribution in [0.2, 0.25) is 0 Å². The van der Waals surface area contributed by atoms with E-state index in [1.807, 2.05) is 12.1 Å². The van der Waals surface area contributed by atoms with Crippen molar-refractivity contribution in [1.29, 1.82) is 0 Å². The number of methoxy groups -OCH3 is 1. The number of phenolic OH excluding ortho intramolecular Hbond substituents is 1. The zero-order chi connectivity index (χ0) is 17.4. The predicted octanol–water partition coefficient (Wildman–Crippen LogP) is 2.78. The van der Waals surface area contributed by atoms with Crippen LogP contribution in [-0.2, 0) is 6.42 Å². The highest BCUT2D eigenvalue weighted by molar-refractivity contribution is 7.99. The Balaban J connectivity index is 1.76. The van der Waals surface area contributed by atoms with E-state index in [0.717, 1.165) is 29.7 Å². The molecule has 5 nitrogen and oxygen atoms in total. The summed E-state index contributed by atoms with van der Waals surface area (Å²) >= 11 is 2.06. The van der Waals surface area contributed by atoms with Gasteiger partial charge in [0.2, 0.25) is 0 Å². The molecule has 2 rings (SSSR count). The number of hydrogen-bond acceptors (Lipinski definition) is 4. The first-order chi connectivity index (χ1) is 11.7. The third-order valence-corrected chi connectivity index (χ3v) is 5.56. The van der Waals surface area contributed by atoms with Crippen LogP contribution in [0.5, 0.6) is 11.5 Å². The molecule has 2 unspecified atom stereocenters. The van der Waals surface area contributed by atoms with Crippen molar-refractivity contribution in [2.75, 3.05) is 26.5 Å². The van der Waals surface area contributed by atoms with Gasteiger partial charge in [0, 0.05) is 31.0 Å². The van der Waals surface area contributed by atoms with Crippen molar-refractivity contribution in [2.45, 2.75) is 43.9 Å². The number of aromatic hydroxyl groups is 1. The molecule has 0 heterocycles. The summed E-state index contributed by atoms with van der Waals surface area (Å²) < 4.78 is 5.10. The summed E-state index contributed by atoms with van der Waals surface area (Å²) in [6, 6.07) is 5.92. The predicted molar refractivity (Wildman–Crippen MR) is 102 cm³/mol. The molecule has 1 aliphatic rings. The van der Waals surface area contributed by atoms with Crippen LogP contribution in [-0.4, -0.2) is 48.8 Å². The Labute approximate surface area is 149 Å². The molecule has 6 heteroatoms. The number of ether oxygens (including phenoxy) is 1. The largest absolute Gasteiger partial charge is 0.508 e. The summed E-state index contributed by atoms with van der Waals surface area (Å²) in [6.07, 6.45) is 4.43. The molecule has 0 aromatic heterocycles. The number of phenols is 1. The van der Waals surface area contributed by atoms with Gasteiger partial charge in [0.25, 0.3) is 0 Å². The molecule has 3 N–H and O–H groups in total. The smallest absolute Gasteiger partial charge is 0.191 e. The van der Waals surface area contributed by atoms with Crippen LogP contribution in [0.4, 0.5) is 0 Å². The third-order valence-electron chi connectivity index (χ3n) is 4.33. The van der Waals surface area contributed by atoms with E-state index in [-0.39, 0.29) is 5.75 Å². The number of benzene rings is 1. The Hall–Kier alpha value is -1.56. The minimum atomic E-state index is 0.273. The zero-order valence-electron chi connectivity index (χ0n) is 14.8. The SMILES string of the molecule is CCSC1CCC(NC(=NC)NCCc2ccc(OC)cc2O)C1. The van der Waals surface area contributed by atoms with Crippen LogP contribution >= 0.6 is 11.8 Å². The van der Waals surface area contributed by atoms with Gasteiger partial charge in [0.1, 0.15) is 11.5 Å². The van der Waals surface area contributed by atoms with Gasteiger partial charge in [-0.05, 0) is 43.1 Å². The van der Waals surface area contributed by atoms with Gasteiger partial charge >= 0.3 is 0 Å². The number of thioether (sulfide) groups is 1. The molecular formula is C18H29N3O2S. The molecule has 0 spiro atoms. The Bertz CT molecular complexity index is 551. The van der Waals surface area contributed by atoms with Gasteiger partial charge in [-0.2, -0.15) is 11.8 Å². The van der Waals surface area contributed by atoms with Crippen LogP contribution in [0.15, 0.2) is 23.2 Å². The van der Waals surface area contributed by atoms with Crippen molar-refractivity contribution in [3.8, 4) is 11.5 Å². The van der Waals surface area contributed by atoms with Gasteiger partial charge in [-0.15, -0.1) is 0 Å². The molecule has 24 heavy (non-hydrogen) atoms. The van der Waals surface area contributed by atoms with E-state index in [1.54, 1.807) is 20.2 Å². The van der Waals surface area contributed by atoms with Gasteiger partial charge in [0.05, 0.1) is 7.11 Å². The number of hydrogen-bond donors (Lipinski definition) is 3. The first-order valence-electron chi connectivity index (χ1n) is 8.61. The number of rotatable bonds is 7. The van der Waals surface area contributed by atoms with Crippen molar-refractivity contribution in [2.24, 2.45) is 4.99 Å². The molecular weight excluding hydrogens is 322 g/mol. The quantitative estimate of drug-likeness (QED) is 0.521. The highest BCUT2D eigenvalue weighted by Crippen LogP contribution is 2.29. The zero-order valence-corrected chi connectivity index (χ0v) is 15.7. The molecule has 1 aromatic rings. The van der Waals surface area contributed by atoms with Crippen LogP contribution < -0.4 is 15.4 Å². The van der Waals surface area contributed by atoms with Crippen LogP contribution in [0.1, 0.15) is 31.7 Å². The Kier molecular flexibility index (Phi) is 7.56. The van der Waals surface area contributed by atoms with E-state index in [2.05, 4.69) is 34.3 Å². The van der Waals surface area contributed by atoms with Crippen LogP contribution in [0.25, 0.3) is 0 Å². The lowest BCUT2D eigenvalue weighted by molar-refractivity contribution is 0.406. The maximum atomic E-state index is 10.00. The minimum Gasteiger partial charge on any atom is -0.508 e. The lowest BCUT2D eigenvalue weighted by Crippen LogP contribution is -2.43. The van der Waals surface area contributed by atoms with Crippen molar-refractivity contribution in [3.05, 3.63) is 23.8 Å². The molecule has 1 fully saturated rings. The van der Waals surface area contributed by atoms with E-state index < -0.39 is 0 Å². The van der Waals surface area contributed by atoms with E-state index in [1.165, 1.54) is 25.0 Å². The van der Waals surface area contributed by atoms with Crippen molar-refractivity contribution >= 4 is 17.7 Å². The third kappa shape index (κ3) is 5.51. The van der Waals surface area contributed by atoms with Gasteiger partial charge in [-0.1, -0.05) is 13.0 Å². The van der Waals surface area contributed by atoms with Gasteiger partial charge < -0.3 is 20.5 Å². The standard InChI is InChI=1S/C18H29N3O2S/c1-4-24-16-8-6-14(11-16)21-18(19-2)20-10-9-13-5-7-15(23-3)12-17(13)22/h5,7,12,14,16,22H,4,6,8-11H2,1-3H3,(H2,19,20,21). The van der Waals surface area contributed by atoms with E-state index >= 15 is 0 Å². The maximum Gasteiger partial charge on any atom is 0.191 e. The monoisotopic (exact) mass is 351 g/mol. The number of nitrogens with zero attached hydrogens (tertiary/aromatic N) is 1. The van der Waals surface area contributed by atoms with E-state index in [0.29, 0.717) is 11.8 Å². The van der Waals surface area contributed by atoms with Crippen LogP contribution in [0, 0.1) is 0 Å². The molecule has 1 aromatic carbocycles. The van der Waals surface area contributed by atoms with Gasteiger partial charge in [-0.25, -0.2) is 0 Å². The fourth-order valence-corrected chi connectivity index (χ4v) is 4.19. The van der Waals surface area contributed by atoms with Crippen LogP contribution in [0.3, 0.4) is 0 Å². The molecule has 0 saturated heterocycles. The molecule has 0 bridgehead atoms. The summed E-state index contributed by atoms with van der Waals surface area (Å²) in [6.45, 7) is 2.94. The molecule has 0 amide bonds. The summed E-state index contributed by atoms with van der Waals surface area (Å²) in [4.78, 5) is 4.31. The Morgan fingerprint density at radius 2 is 2.25 bits per heavy atom. The van der Waals surface area contributed by atoms with E-state index in [4.69, 9.17) is 4.74 Å². The number of nitrogens with one attached hydrogen (secondary N) is 2. The summed E-state index contributed by atoms with van der Waals surface area (Å²) in [5.41, 5.74) is 0.902. The lowest BCUT2D eigenvalue weighted by Gasteiger charge is -2.17. The molecule has 1 saturated carbocycles. The minimum absolute atomic E-state index is 0.273. The maximum absolute atomic E-state index is 10.00. The van der Waals surface area contributed by atoms with Gasteiger partial charge in [-0.3, -0.25) is 4.99 Å². The average Bonchev–Trinajstić information content (AvgIpc) is 3.02. The normalized spacial score (nSPS) is 20.9. The van der Waals surface area contributed by atoms with Gasteiger partial charge in [0.15, 0.2) is 5.96 Å². The summed E-state index contributed by atoms with van der Waals surface area (Å²) in [7, 11) is 3.39.